The maximum atomic E-state index is 9.29. The number of halogens is 1. The van der Waals surface area contributed by atoms with Gasteiger partial charge < -0.3 is 10.3 Å². The van der Waals surface area contributed by atoms with Crippen molar-refractivity contribution in [2.45, 2.75) is 4.90 Å². The number of rotatable bonds is 2. The summed E-state index contributed by atoms with van der Waals surface area (Å²) < 4.78 is 1.32. The van der Waals surface area contributed by atoms with Gasteiger partial charge in [0.2, 0.25) is 0 Å². The number of aliphatic hydroxyl groups is 1. The van der Waals surface area contributed by atoms with Gasteiger partial charge in [-0.3, -0.25) is 0 Å². The van der Waals surface area contributed by atoms with Gasteiger partial charge in [-0.2, -0.15) is 0 Å². The molecule has 0 spiro atoms. The van der Waals surface area contributed by atoms with Crippen molar-refractivity contribution in [3.63, 3.8) is 0 Å². The van der Waals surface area contributed by atoms with E-state index in [1.807, 2.05) is 18.2 Å². The van der Waals surface area contributed by atoms with Crippen LogP contribution in [0.1, 0.15) is 5.56 Å². The summed E-state index contributed by atoms with van der Waals surface area (Å²) in [5.41, 5.74) is 1.18. The van der Waals surface area contributed by atoms with Gasteiger partial charge in [0.1, 0.15) is 0 Å². The molecular weight excluding hydrogens is 326 g/mol. The van der Waals surface area contributed by atoms with E-state index in [1.165, 1.54) is 20.2 Å². The van der Waals surface area contributed by atoms with Crippen LogP contribution in [0.5, 0.6) is 0 Å². The molecule has 1 unspecified atom stereocenters. The van der Waals surface area contributed by atoms with Crippen molar-refractivity contribution < 1.29 is 15.4 Å². The molecule has 0 amide bonds. The van der Waals surface area contributed by atoms with Crippen LogP contribution in [0.15, 0.2) is 47.4 Å². The Morgan fingerprint density at radius 2 is 1.91 bits per heavy atom. The number of fused-ring (bicyclic) bond motifs is 2. The molecule has 2 aromatic rings. The predicted molar refractivity (Wildman–Crippen MR) is 86.5 cm³/mol. The largest absolute Gasteiger partial charge is 0.396 e. The van der Waals surface area contributed by atoms with Crippen molar-refractivity contribution >= 4 is 28.2 Å². The van der Waals surface area contributed by atoms with Gasteiger partial charge in [-0.15, -0.1) is 20.6 Å². The summed E-state index contributed by atoms with van der Waals surface area (Å²) >= 11 is 6.06. The van der Waals surface area contributed by atoms with E-state index < -0.39 is 5.09 Å². The number of hydrogen-bond acceptors (Lipinski definition) is 3. The minimum Gasteiger partial charge on any atom is -0.396 e. The summed E-state index contributed by atoms with van der Waals surface area (Å²) in [6.45, 7) is 0.208. The Balaban J connectivity index is 0.000000396. The van der Waals surface area contributed by atoms with Gasteiger partial charge in [0, 0.05) is 20.2 Å². The topological polar surface area (TPSA) is 83.6 Å². The zero-order valence-corrected chi connectivity index (χ0v) is 13.0. The van der Waals surface area contributed by atoms with Crippen LogP contribution in [0.3, 0.4) is 0 Å². The number of benzene rings is 2. The van der Waals surface area contributed by atoms with Crippen LogP contribution in [-0.4, -0.2) is 27.8 Å². The highest BCUT2D eigenvalue weighted by molar-refractivity contribution is 8.09. The fourth-order valence-corrected chi connectivity index (χ4v) is 4.61. The van der Waals surface area contributed by atoms with E-state index in [0.717, 1.165) is 10.8 Å². The van der Waals surface area contributed by atoms with Crippen molar-refractivity contribution in [2.75, 3.05) is 12.4 Å². The van der Waals surface area contributed by atoms with E-state index in [9.17, 15) is 5.11 Å². The average Bonchev–Trinajstić information content (AvgIpc) is 2.46. The van der Waals surface area contributed by atoms with E-state index in [-0.39, 0.29) is 17.1 Å². The van der Waals surface area contributed by atoms with Crippen LogP contribution in [0.2, 0.25) is 5.02 Å². The molecule has 0 saturated heterocycles. The van der Waals surface area contributed by atoms with Crippen molar-refractivity contribution in [3.8, 4) is 0 Å². The van der Waals surface area contributed by atoms with Gasteiger partial charge in [0.15, 0.2) is 0 Å². The Kier molecular flexibility index (Phi) is 5.54. The maximum absolute atomic E-state index is 9.29. The summed E-state index contributed by atoms with van der Waals surface area (Å²) in [6, 6.07) is 14.4. The highest BCUT2D eigenvalue weighted by Gasteiger charge is 2.11. The number of hydrogen-bond donors (Lipinski definition) is 2. The molecule has 3 rings (SSSR count). The molecule has 0 saturated carbocycles. The van der Waals surface area contributed by atoms with Gasteiger partial charge >= 0.3 is 0 Å². The van der Waals surface area contributed by atoms with Crippen molar-refractivity contribution in [3.05, 3.63) is 72.9 Å². The molecule has 22 heavy (non-hydrogen) atoms. The Morgan fingerprint density at radius 3 is 2.59 bits per heavy atom. The minimum absolute atomic E-state index is 0.0427. The SMILES string of the molecule is O=[N+]([O-])O.OCCS1=c2ccccc2=Cc2cc(Cl)ccc21. The van der Waals surface area contributed by atoms with E-state index in [2.05, 4.69) is 30.3 Å². The zero-order chi connectivity index (χ0) is 16.1. The molecule has 1 aliphatic heterocycles. The highest BCUT2D eigenvalue weighted by atomic mass is 35.5. The van der Waals surface area contributed by atoms with Gasteiger partial charge in [-0.1, -0.05) is 29.8 Å². The van der Waals surface area contributed by atoms with Gasteiger partial charge in [-0.05, 0) is 41.1 Å². The molecule has 0 bridgehead atoms. The Bertz CT molecular complexity index is 819. The molecule has 2 N–H and O–H groups in total. The molecule has 0 fully saturated rings. The van der Waals surface area contributed by atoms with E-state index in [0.29, 0.717) is 0 Å². The molecule has 1 aliphatic rings. The molecule has 7 heteroatoms. The highest BCUT2D eigenvalue weighted by Crippen LogP contribution is 2.35. The first-order valence-corrected chi connectivity index (χ1v) is 8.18. The van der Waals surface area contributed by atoms with Gasteiger partial charge in [0.25, 0.3) is 5.09 Å². The fraction of sp³-hybridized carbons (Fsp3) is 0.133. The summed E-state index contributed by atoms with van der Waals surface area (Å²) in [7, 11) is -0.0427. The van der Waals surface area contributed by atoms with Crippen molar-refractivity contribution in [1.29, 1.82) is 0 Å². The quantitative estimate of drug-likeness (QED) is 0.500. The van der Waals surface area contributed by atoms with Crippen LogP contribution in [-0.2, 0) is 0 Å². The molecule has 1 atom stereocenters. The molecule has 116 valence electrons. The third kappa shape index (κ3) is 3.85. The lowest BCUT2D eigenvalue weighted by atomic mass is 10.1. The molecule has 5 nitrogen and oxygen atoms in total. The zero-order valence-electron chi connectivity index (χ0n) is 11.5. The predicted octanol–water partition coefficient (Wildman–Crippen LogP) is 2.71. The van der Waals surface area contributed by atoms with E-state index >= 15 is 0 Å². The van der Waals surface area contributed by atoms with Gasteiger partial charge in [-0.25, -0.2) is 0 Å². The molecule has 0 aromatic heterocycles. The summed E-state index contributed by atoms with van der Waals surface area (Å²) in [5.74, 6) is 0.777. The molecular formula is C15H14ClNO4S. The Labute approximate surface area is 134 Å². The smallest absolute Gasteiger partial charge is 0.291 e. The van der Waals surface area contributed by atoms with Crippen molar-refractivity contribution in [2.24, 2.45) is 0 Å². The van der Waals surface area contributed by atoms with Gasteiger partial charge in [0.05, 0.1) is 6.61 Å². The number of nitrogens with zero attached hydrogens (tertiary/aromatic N) is 1. The fourth-order valence-electron chi connectivity index (χ4n) is 2.28. The second-order valence-electron chi connectivity index (χ2n) is 4.42. The van der Waals surface area contributed by atoms with Crippen LogP contribution < -0.4 is 5.22 Å². The van der Waals surface area contributed by atoms with E-state index in [1.54, 1.807) is 0 Å². The first-order valence-electron chi connectivity index (χ1n) is 6.41. The lowest BCUT2D eigenvalue weighted by molar-refractivity contribution is -0.742. The lowest BCUT2D eigenvalue weighted by Gasteiger charge is -2.16. The van der Waals surface area contributed by atoms with Crippen molar-refractivity contribution in [1.82, 2.24) is 0 Å². The summed E-state index contributed by atoms with van der Waals surface area (Å²) in [4.78, 5) is 9.65. The Morgan fingerprint density at radius 1 is 1.23 bits per heavy atom. The van der Waals surface area contributed by atoms with E-state index in [4.69, 9.17) is 26.9 Å². The summed E-state index contributed by atoms with van der Waals surface area (Å²) in [6.07, 6.45) is 2.18. The van der Waals surface area contributed by atoms with Crippen LogP contribution >= 0.6 is 22.1 Å². The maximum Gasteiger partial charge on any atom is 0.291 e. The number of aliphatic hydroxyl groups excluding tert-OH is 1. The van der Waals surface area contributed by atoms with Crippen LogP contribution in [0.4, 0.5) is 0 Å². The first-order chi connectivity index (χ1) is 10.5. The second kappa shape index (κ2) is 7.40. The molecule has 1 heterocycles. The molecule has 0 aliphatic carbocycles. The summed E-state index contributed by atoms with van der Waals surface area (Å²) in [5, 5.41) is 24.9. The third-order valence-corrected chi connectivity index (χ3v) is 5.66. The molecule has 0 radical (unpaired) electrons. The third-order valence-electron chi connectivity index (χ3n) is 3.03. The minimum atomic E-state index is -1.50. The normalized spacial score (nSPS) is 14.7. The average molecular weight is 340 g/mol. The van der Waals surface area contributed by atoms with Crippen LogP contribution in [0, 0.1) is 14.6 Å². The second-order valence-corrected chi connectivity index (χ2v) is 6.93. The molecule has 2 aromatic carbocycles. The lowest BCUT2D eigenvalue weighted by Crippen LogP contribution is -2.09. The Hall–Kier alpha value is -1.89. The first kappa shape index (κ1) is 16.5. The monoisotopic (exact) mass is 339 g/mol. The standard InChI is InChI=1S/C15H13ClOS.HNO3/c16-13-5-6-15-12(10-13)9-11-3-1-2-4-14(11)18(15)8-7-17;2-1(3)4/h1-6,9-10,17H,7-8H2;(H,2,3,4). The van der Waals surface area contributed by atoms with Crippen LogP contribution in [0.25, 0.3) is 6.08 Å².